The second-order valence-electron chi connectivity index (χ2n) is 10.7. The second kappa shape index (κ2) is 12.1. The van der Waals surface area contributed by atoms with E-state index in [1.807, 2.05) is 30.0 Å². The Morgan fingerprint density at radius 2 is 1.95 bits per heavy atom. The fraction of sp³-hybridized carbons (Fsp3) is 0.571. The van der Waals surface area contributed by atoms with Crippen LogP contribution in [0.2, 0.25) is 0 Å². The molecule has 11 heteroatoms. The third kappa shape index (κ3) is 7.40. The summed E-state index contributed by atoms with van der Waals surface area (Å²) in [5, 5.41) is 10.4. The van der Waals surface area contributed by atoms with E-state index in [-0.39, 0.29) is 17.6 Å². The number of carbonyl (C=O) groups is 2. The zero-order chi connectivity index (χ0) is 28.3. The largest absolute Gasteiger partial charge is 0.492 e. The van der Waals surface area contributed by atoms with Gasteiger partial charge in [-0.1, -0.05) is 13.8 Å². The van der Waals surface area contributed by atoms with Gasteiger partial charge < -0.3 is 24.2 Å². The van der Waals surface area contributed by atoms with Crippen LogP contribution in [-0.2, 0) is 14.3 Å². The zero-order valence-corrected chi connectivity index (χ0v) is 24.2. The predicted octanol–water partition coefficient (Wildman–Crippen LogP) is 3.63. The summed E-state index contributed by atoms with van der Waals surface area (Å²) in [5.74, 6) is 0.275. The standard InChI is InChI=1S/C15H23NO3S.C13H15N3O3/c1-10(2)12-7-11(5-6-16-12)18-8-13-14(20-13)9-19-15(3,4)17;1-8(17)16-9-5-6-15(7-9)11-4-3-10(13(18)19-2)14-12(11)16/h5-7,10,13-14,17H,8-9H2,1-4H3;3-4,9H,5-7H2,1-2H3. The highest BCUT2D eigenvalue weighted by Crippen LogP contribution is 2.42. The van der Waals surface area contributed by atoms with Crippen molar-refractivity contribution in [3.05, 3.63) is 41.9 Å². The lowest BCUT2D eigenvalue weighted by molar-refractivity contribution is -0.174. The van der Waals surface area contributed by atoms with Crippen LogP contribution >= 0.6 is 11.8 Å². The molecule has 2 fully saturated rings. The summed E-state index contributed by atoms with van der Waals surface area (Å²) in [6, 6.07) is 7.53. The van der Waals surface area contributed by atoms with Crippen LogP contribution in [0.15, 0.2) is 30.5 Å². The number of aromatic nitrogens is 2. The minimum absolute atomic E-state index is 0.0395. The Kier molecular flexibility index (Phi) is 9.03. The topological polar surface area (TPSA) is 114 Å². The number of hydrogen-bond acceptors (Lipinski definition) is 10. The van der Waals surface area contributed by atoms with Crippen LogP contribution in [0.1, 0.15) is 63.1 Å². The van der Waals surface area contributed by atoms with Crippen molar-refractivity contribution in [1.82, 2.24) is 9.97 Å². The maximum absolute atomic E-state index is 11.9. The molecular weight excluding hydrogens is 520 g/mol. The van der Waals surface area contributed by atoms with E-state index in [1.54, 1.807) is 31.0 Å². The van der Waals surface area contributed by atoms with Gasteiger partial charge in [-0.25, -0.2) is 9.78 Å². The number of anilines is 2. The average Bonchev–Trinajstić information content (AvgIpc) is 3.54. The summed E-state index contributed by atoms with van der Waals surface area (Å²) < 4.78 is 15.8. The number of amides is 1. The molecule has 212 valence electrons. The molecule has 3 unspecified atom stereocenters. The molecule has 1 N–H and O–H groups in total. The first kappa shape index (κ1) is 29.1. The molecule has 0 saturated carbocycles. The van der Waals surface area contributed by atoms with Crippen molar-refractivity contribution in [3.63, 3.8) is 0 Å². The van der Waals surface area contributed by atoms with E-state index in [0.29, 0.717) is 35.4 Å². The number of carbonyl (C=O) groups excluding carboxylic acids is 2. The van der Waals surface area contributed by atoms with E-state index in [1.165, 1.54) is 14.0 Å². The molecule has 0 radical (unpaired) electrons. The minimum Gasteiger partial charge on any atom is -0.492 e. The molecule has 5 rings (SSSR count). The van der Waals surface area contributed by atoms with Gasteiger partial charge in [0.1, 0.15) is 12.4 Å². The van der Waals surface area contributed by atoms with Crippen molar-refractivity contribution in [1.29, 1.82) is 0 Å². The molecule has 5 heterocycles. The van der Waals surface area contributed by atoms with Crippen molar-refractivity contribution in [2.75, 3.05) is 43.2 Å². The molecule has 0 spiro atoms. The summed E-state index contributed by atoms with van der Waals surface area (Å²) in [7, 11) is 1.32. The maximum Gasteiger partial charge on any atom is 0.356 e. The summed E-state index contributed by atoms with van der Waals surface area (Å²) in [6.07, 6.45) is 2.73. The Balaban J connectivity index is 0.000000181. The number of esters is 1. The molecule has 0 aromatic carbocycles. The molecular formula is C28H38N4O6S. The van der Waals surface area contributed by atoms with Crippen LogP contribution in [0.4, 0.5) is 11.5 Å². The minimum atomic E-state index is -1.05. The first-order chi connectivity index (χ1) is 18.5. The van der Waals surface area contributed by atoms with E-state index < -0.39 is 11.8 Å². The summed E-state index contributed by atoms with van der Waals surface area (Å²) in [5.41, 5.74) is 2.19. The molecule has 2 saturated heterocycles. The molecule has 3 aliphatic heterocycles. The number of pyridine rings is 2. The van der Waals surface area contributed by atoms with E-state index in [4.69, 9.17) is 9.47 Å². The summed E-state index contributed by atoms with van der Waals surface area (Å²) >= 11 is 1.83. The quantitative estimate of drug-likeness (QED) is 0.293. The Bertz CT molecular complexity index is 1190. The van der Waals surface area contributed by atoms with E-state index >= 15 is 0 Å². The van der Waals surface area contributed by atoms with Gasteiger partial charge in [0.15, 0.2) is 17.3 Å². The number of aliphatic hydroxyl groups is 1. The molecule has 2 bridgehead atoms. The van der Waals surface area contributed by atoms with Gasteiger partial charge in [-0.2, -0.15) is 0 Å². The predicted molar refractivity (Wildman–Crippen MR) is 151 cm³/mol. The highest BCUT2D eigenvalue weighted by Gasteiger charge is 2.40. The molecule has 2 aromatic rings. The van der Waals surface area contributed by atoms with E-state index in [2.05, 4.69) is 33.5 Å². The lowest BCUT2D eigenvalue weighted by atomic mass is 10.1. The fourth-order valence-electron chi connectivity index (χ4n) is 4.60. The van der Waals surface area contributed by atoms with Crippen LogP contribution in [-0.4, -0.2) is 82.7 Å². The van der Waals surface area contributed by atoms with Crippen LogP contribution in [0.3, 0.4) is 0 Å². The van der Waals surface area contributed by atoms with Gasteiger partial charge in [-0.15, -0.1) is 11.8 Å². The van der Waals surface area contributed by atoms with E-state index in [0.717, 1.165) is 36.6 Å². The van der Waals surface area contributed by atoms with Gasteiger partial charge in [0, 0.05) is 43.2 Å². The Labute approximate surface area is 234 Å². The normalized spacial score (nSPS) is 21.2. The first-order valence-corrected chi connectivity index (χ1v) is 14.2. The van der Waals surface area contributed by atoms with Gasteiger partial charge in [0.25, 0.3) is 0 Å². The highest BCUT2D eigenvalue weighted by molar-refractivity contribution is 8.07. The monoisotopic (exact) mass is 558 g/mol. The average molecular weight is 559 g/mol. The lowest BCUT2D eigenvalue weighted by Gasteiger charge is -2.35. The van der Waals surface area contributed by atoms with E-state index in [9.17, 15) is 14.7 Å². The molecule has 0 aliphatic carbocycles. The zero-order valence-electron chi connectivity index (χ0n) is 23.4. The van der Waals surface area contributed by atoms with Gasteiger partial charge >= 0.3 is 5.97 Å². The first-order valence-electron chi connectivity index (χ1n) is 13.2. The summed E-state index contributed by atoms with van der Waals surface area (Å²) in [6.45, 7) is 12.1. The van der Waals surface area contributed by atoms with Crippen molar-refractivity contribution in [3.8, 4) is 5.75 Å². The molecule has 1 amide bonds. The van der Waals surface area contributed by atoms with Crippen LogP contribution in [0.25, 0.3) is 0 Å². The van der Waals surface area contributed by atoms with Crippen LogP contribution in [0.5, 0.6) is 5.75 Å². The molecule has 39 heavy (non-hydrogen) atoms. The SMILES string of the molecule is CC(C)c1cc(OCC2SC2COC(C)(C)O)ccn1.COC(=O)c1ccc2c(n1)N(C(C)=O)C1CCN2C1. The van der Waals surface area contributed by atoms with Gasteiger partial charge in [-0.05, 0) is 44.4 Å². The number of fused-ring (bicyclic) bond motifs is 4. The third-order valence-electron chi connectivity index (χ3n) is 6.73. The van der Waals surface area contributed by atoms with Gasteiger partial charge in [-0.3, -0.25) is 14.7 Å². The van der Waals surface area contributed by atoms with Crippen molar-refractivity contribution in [2.45, 2.75) is 69.3 Å². The molecule has 3 atom stereocenters. The smallest absolute Gasteiger partial charge is 0.356 e. The molecule has 10 nitrogen and oxygen atoms in total. The van der Waals surface area contributed by atoms with Crippen LogP contribution in [0, 0.1) is 0 Å². The van der Waals surface area contributed by atoms with Crippen molar-refractivity contribution < 1.29 is 28.9 Å². The van der Waals surface area contributed by atoms with Gasteiger partial charge in [0.2, 0.25) is 5.91 Å². The maximum atomic E-state index is 11.9. The third-order valence-corrected chi connectivity index (χ3v) is 8.05. The van der Waals surface area contributed by atoms with Gasteiger partial charge in [0.05, 0.1) is 30.7 Å². The molecule has 3 aliphatic rings. The Morgan fingerprint density at radius 1 is 1.21 bits per heavy atom. The molecule has 2 aromatic heterocycles. The lowest BCUT2D eigenvalue weighted by Crippen LogP contribution is -2.45. The fourth-order valence-corrected chi connectivity index (χ4v) is 5.41. The number of ether oxygens (including phenoxy) is 3. The summed E-state index contributed by atoms with van der Waals surface area (Å²) in [4.78, 5) is 35.9. The number of methoxy groups -OCH3 is 1. The number of nitrogens with zero attached hydrogens (tertiary/aromatic N) is 4. The van der Waals surface area contributed by atoms with Crippen LogP contribution < -0.4 is 14.5 Å². The number of rotatable bonds is 8. The van der Waals surface area contributed by atoms with Crippen molar-refractivity contribution in [2.24, 2.45) is 0 Å². The Morgan fingerprint density at radius 3 is 2.62 bits per heavy atom. The number of hydrogen-bond donors (Lipinski definition) is 1. The second-order valence-corrected chi connectivity index (χ2v) is 12.1. The highest BCUT2D eigenvalue weighted by atomic mass is 32.2. The van der Waals surface area contributed by atoms with Crippen molar-refractivity contribution >= 4 is 35.1 Å². The number of thioether (sulfide) groups is 1. The Hall–Kier alpha value is -2.89.